The van der Waals surface area contributed by atoms with Gasteiger partial charge in [-0.25, -0.2) is 0 Å². The number of nitriles is 1. The molecule has 4 rings (SSSR count). The van der Waals surface area contributed by atoms with Gasteiger partial charge in [0.05, 0.1) is 5.92 Å². The molecule has 2 aliphatic rings. The van der Waals surface area contributed by atoms with Crippen molar-refractivity contribution in [2.45, 2.75) is 19.3 Å². The highest BCUT2D eigenvalue weighted by atomic mass is 16.7. The van der Waals surface area contributed by atoms with Crippen LogP contribution in [0.5, 0.6) is 17.4 Å². The third kappa shape index (κ3) is 1.92. The van der Waals surface area contributed by atoms with E-state index in [-0.39, 0.29) is 18.6 Å². The summed E-state index contributed by atoms with van der Waals surface area (Å²) in [6.07, 6.45) is 0.741. The minimum atomic E-state index is -0.341. The van der Waals surface area contributed by atoms with Gasteiger partial charge in [-0.15, -0.1) is 5.10 Å². The number of ether oxygens (including phenoxy) is 3. The van der Waals surface area contributed by atoms with Crippen LogP contribution in [-0.4, -0.2) is 17.0 Å². The number of nitrogens with one attached hydrogen (secondary N) is 1. The van der Waals surface area contributed by atoms with Gasteiger partial charge in [-0.1, -0.05) is 13.0 Å². The van der Waals surface area contributed by atoms with Crippen molar-refractivity contribution >= 4 is 0 Å². The van der Waals surface area contributed by atoms with E-state index in [0.29, 0.717) is 23.0 Å². The summed E-state index contributed by atoms with van der Waals surface area (Å²) in [5.74, 6) is 1.51. The molecule has 0 unspecified atom stereocenters. The minimum Gasteiger partial charge on any atom is -0.454 e. The summed E-state index contributed by atoms with van der Waals surface area (Å²) in [6.45, 7) is 2.21. The average molecular weight is 310 g/mol. The molecule has 0 amide bonds. The van der Waals surface area contributed by atoms with Gasteiger partial charge in [0.2, 0.25) is 18.6 Å². The number of aromatic nitrogens is 2. The molecule has 2 aromatic rings. The summed E-state index contributed by atoms with van der Waals surface area (Å²) in [6, 6.07) is 7.79. The highest BCUT2D eigenvalue weighted by Crippen LogP contribution is 2.45. The summed E-state index contributed by atoms with van der Waals surface area (Å²) in [5, 5.41) is 16.7. The van der Waals surface area contributed by atoms with Crippen molar-refractivity contribution < 1.29 is 14.2 Å². The zero-order chi connectivity index (χ0) is 16.0. The monoisotopic (exact) mass is 310 g/mol. The lowest BCUT2D eigenvalue weighted by Crippen LogP contribution is -2.21. The summed E-state index contributed by atoms with van der Waals surface area (Å²) in [7, 11) is 0. The Bertz CT molecular complexity index is 863. The van der Waals surface area contributed by atoms with Crippen LogP contribution in [0.2, 0.25) is 0 Å². The molecule has 3 N–H and O–H groups in total. The summed E-state index contributed by atoms with van der Waals surface area (Å²) < 4.78 is 16.3. The first-order valence-electron chi connectivity index (χ1n) is 7.27. The molecular formula is C16H14N4O3. The number of allylic oxidation sites excluding steroid dienone is 1. The number of hydrogen-bond acceptors (Lipinski definition) is 6. The second kappa shape index (κ2) is 4.95. The highest BCUT2D eigenvalue weighted by molar-refractivity contribution is 5.57. The predicted octanol–water partition coefficient (Wildman–Crippen LogP) is 1.92. The van der Waals surface area contributed by atoms with E-state index in [9.17, 15) is 5.26 Å². The van der Waals surface area contributed by atoms with Crippen LogP contribution in [0.1, 0.15) is 29.7 Å². The minimum absolute atomic E-state index is 0.0804. The van der Waals surface area contributed by atoms with E-state index < -0.39 is 0 Å². The predicted molar refractivity (Wildman–Crippen MR) is 79.8 cm³/mol. The van der Waals surface area contributed by atoms with E-state index in [1.165, 1.54) is 0 Å². The number of rotatable bonds is 2. The molecule has 7 heteroatoms. The van der Waals surface area contributed by atoms with Crippen molar-refractivity contribution in [1.29, 1.82) is 5.26 Å². The zero-order valence-electron chi connectivity index (χ0n) is 12.4. The molecule has 0 fully saturated rings. The van der Waals surface area contributed by atoms with Crippen LogP contribution in [0.4, 0.5) is 0 Å². The highest BCUT2D eigenvalue weighted by Gasteiger charge is 2.35. The third-order valence-electron chi connectivity index (χ3n) is 4.10. The fourth-order valence-electron chi connectivity index (χ4n) is 3.00. The first kappa shape index (κ1) is 13.5. The van der Waals surface area contributed by atoms with Crippen LogP contribution < -0.4 is 19.9 Å². The summed E-state index contributed by atoms with van der Waals surface area (Å²) in [4.78, 5) is 0. The Morgan fingerprint density at radius 1 is 1.39 bits per heavy atom. The standard InChI is InChI=1S/C16H14N4O3/c1-2-10-14-13(8-3-4-11-12(5-8)22-7-21-11)9(6-17)15(18)23-16(14)20-19-10/h3-5,13H,2,7,18H2,1H3,(H,19,20)/t13-/m0/s1. The van der Waals surface area contributed by atoms with Crippen molar-refractivity contribution in [3.05, 3.63) is 46.5 Å². The van der Waals surface area contributed by atoms with E-state index in [1.807, 2.05) is 25.1 Å². The number of H-pyrrole nitrogens is 1. The van der Waals surface area contributed by atoms with Gasteiger partial charge < -0.3 is 19.9 Å². The van der Waals surface area contributed by atoms with E-state index in [2.05, 4.69) is 16.3 Å². The number of nitrogens with zero attached hydrogens (tertiary/aromatic N) is 2. The molecule has 3 heterocycles. The van der Waals surface area contributed by atoms with Gasteiger partial charge in [0.25, 0.3) is 0 Å². The van der Waals surface area contributed by atoms with Gasteiger partial charge >= 0.3 is 0 Å². The zero-order valence-corrected chi connectivity index (χ0v) is 12.4. The van der Waals surface area contributed by atoms with Crippen LogP contribution in [0.15, 0.2) is 29.7 Å². The molecule has 2 aliphatic heterocycles. The van der Waals surface area contributed by atoms with Gasteiger partial charge in [0, 0.05) is 11.3 Å². The number of hydrogen-bond donors (Lipinski definition) is 2. The molecule has 1 atom stereocenters. The average Bonchev–Trinajstić information content (AvgIpc) is 3.18. The van der Waals surface area contributed by atoms with E-state index in [4.69, 9.17) is 19.9 Å². The third-order valence-corrected chi connectivity index (χ3v) is 4.10. The Labute approximate surface area is 132 Å². The SMILES string of the molecule is CCc1[nH]nc2c1[C@@H](c1ccc3c(c1)OCO3)C(C#N)=C(N)O2. The van der Waals surface area contributed by atoms with Crippen LogP contribution in [0, 0.1) is 11.3 Å². The first-order chi connectivity index (χ1) is 11.2. The van der Waals surface area contributed by atoms with E-state index >= 15 is 0 Å². The molecule has 1 aromatic carbocycles. The fraction of sp³-hybridized carbons (Fsp3) is 0.250. The Morgan fingerprint density at radius 3 is 3.00 bits per heavy atom. The van der Waals surface area contributed by atoms with Crippen molar-refractivity contribution in [2.75, 3.05) is 6.79 Å². The second-order valence-corrected chi connectivity index (χ2v) is 5.31. The van der Waals surface area contributed by atoms with Crippen LogP contribution in [0.3, 0.4) is 0 Å². The summed E-state index contributed by atoms with van der Waals surface area (Å²) in [5.41, 5.74) is 8.94. The van der Waals surface area contributed by atoms with E-state index in [1.54, 1.807) is 0 Å². The van der Waals surface area contributed by atoms with Crippen molar-refractivity contribution in [3.8, 4) is 23.4 Å². The lowest BCUT2D eigenvalue weighted by atomic mass is 9.83. The maximum absolute atomic E-state index is 9.56. The quantitative estimate of drug-likeness (QED) is 0.877. The van der Waals surface area contributed by atoms with Crippen molar-refractivity contribution in [1.82, 2.24) is 10.2 Å². The van der Waals surface area contributed by atoms with Crippen LogP contribution in [0.25, 0.3) is 0 Å². The van der Waals surface area contributed by atoms with Crippen molar-refractivity contribution in [2.24, 2.45) is 5.73 Å². The second-order valence-electron chi connectivity index (χ2n) is 5.31. The lowest BCUT2D eigenvalue weighted by Gasteiger charge is -2.24. The Hall–Kier alpha value is -3.14. The molecule has 0 spiro atoms. The molecule has 0 radical (unpaired) electrons. The molecular weight excluding hydrogens is 296 g/mol. The molecule has 0 aliphatic carbocycles. The molecule has 23 heavy (non-hydrogen) atoms. The number of fused-ring (bicyclic) bond motifs is 2. The molecule has 0 bridgehead atoms. The number of aryl methyl sites for hydroxylation is 1. The van der Waals surface area contributed by atoms with Gasteiger partial charge in [0.1, 0.15) is 11.6 Å². The largest absolute Gasteiger partial charge is 0.454 e. The van der Waals surface area contributed by atoms with Crippen LogP contribution in [-0.2, 0) is 6.42 Å². The molecule has 1 aromatic heterocycles. The van der Waals surface area contributed by atoms with Gasteiger partial charge in [-0.05, 0) is 24.1 Å². The lowest BCUT2D eigenvalue weighted by molar-refractivity contribution is 0.174. The van der Waals surface area contributed by atoms with Crippen LogP contribution >= 0.6 is 0 Å². The molecule has 0 saturated heterocycles. The first-order valence-corrected chi connectivity index (χ1v) is 7.27. The topological polar surface area (TPSA) is 106 Å². The maximum Gasteiger partial charge on any atom is 0.244 e. The van der Waals surface area contributed by atoms with Gasteiger partial charge in [0.15, 0.2) is 11.5 Å². The molecule has 116 valence electrons. The number of aromatic amines is 1. The molecule has 0 saturated carbocycles. The van der Waals surface area contributed by atoms with Crippen molar-refractivity contribution in [3.63, 3.8) is 0 Å². The Morgan fingerprint density at radius 2 is 2.22 bits per heavy atom. The maximum atomic E-state index is 9.56. The number of nitrogens with two attached hydrogens (primary N) is 1. The Balaban J connectivity index is 1.91. The fourth-order valence-corrected chi connectivity index (χ4v) is 3.00. The molecule has 7 nitrogen and oxygen atoms in total. The van der Waals surface area contributed by atoms with Gasteiger partial charge in [-0.3, -0.25) is 5.10 Å². The smallest absolute Gasteiger partial charge is 0.244 e. The van der Waals surface area contributed by atoms with E-state index in [0.717, 1.165) is 23.2 Å². The number of benzene rings is 1. The summed E-state index contributed by atoms with van der Waals surface area (Å²) >= 11 is 0. The Kier molecular flexibility index (Phi) is 2.91. The van der Waals surface area contributed by atoms with Gasteiger partial charge in [-0.2, -0.15) is 5.26 Å². The normalized spacial score (nSPS) is 18.3.